The number of Topliss-reactive ketones (excluding diaryl/α,β-unsaturated/α-hetero) is 1. The van der Waals surface area contributed by atoms with Crippen LogP contribution in [0.1, 0.15) is 34.8 Å². The van der Waals surface area contributed by atoms with Crippen molar-refractivity contribution in [2.45, 2.75) is 31.6 Å². The summed E-state index contributed by atoms with van der Waals surface area (Å²) in [5.74, 6) is 0.689. The normalized spacial score (nSPS) is 10.5. The van der Waals surface area contributed by atoms with Crippen LogP contribution in [0, 0.1) is 6.92 Å². The Labute approximate surface area is 125 Å². The molecule has 0 saturated heterocycles. The van der Waals surface area contributed by atoms with Crippen molar-refractivity contribution in [2.24, 2.45) is 0 Å². The summed E-state index contributed by atoms with van der Waals surface area (Å²) in [5, 5.41) is 0. The van der Waals surface area contributed by atoms with Crippen LogP contribution in [-0.2, 0) is 6.42 Å². The second-order valence-corrected chi connectivity index (χ2v) is 6.02. The highest BCUT2D eigenvalue weighted by atomic mass is 32.2. The zero-order valence-corrected chi connectivity index (χ0v) is 12.9. The van der Waals surface area contributed by atoms with E-state index < -0.39 is 0 Å². The molecule has 0 amide bonds. The Hall–Kier alpha value is -1.54. The van der Waals surface area contributed by atoms with E-state index in [0.29, 0.717) is 5.75 Å². The Morgan fingerprint density at radius 1 is 1.00 bits per heavy atom. The minimum absolute atomic E-state index is 0.193. The predicted octanol–water partition coefficient (Wildman–Crippen LogP) is 4.92. The molecule has 2 rings (SSSR count). The first-order valence-corrected chi connectivity index (χ1v) is 7.99. The van der Waals surface area contributed by atoms with Crippen molar-refractivity contribution < 1.29 is 4.79 Å². The van der Waals surface area contributed by atoms with Crippen molar-refractivity contribution >= 4 is 17.5 Å². The molecule has 2 aromatic rings. The molecule has 0 bridgehead atoms. The molecule has 2 aromatic carbocycles. The van der Waals surface area contributed by atoms with Gasteiger partial charge in [-0.1, -0.05) is 55.3 Å². The van der Waals surface area contributed by atoms with Crippen LogP contribution in [0.2, 0.25) is 0 Å². The average Bonchev–Trinajstić information content (AvgIpc) is 2.47. The maximum absolute atomic E-state index is 12.1. The summed E-state index contributed by atoms with van der Waals surface area (Å²) in [6.07, 6.45) is 2.21. The zero-order valence-electron chi connectivity index (χ0n) is 12.1. The van der Waals surface area contributed by atoms with Crippen molar-refractivity contribution in [3.8, 4) is 0 Å². The Balaban J connectivity index is 1.92. The van der Waals surface area contributed by atoms with Gasteiger partial charge in [0.25, 0.3) is 0 Å². The second-order valence-electron chi connectivity index (χ2n) is 4.97. The number of aryl methyl sites for hydroxylation is 2. The number of hydrogen-bond donors (Lipinski definition) is 0. The SMILES string of the molecule is CCCc1ccc(C(=O)CSc2ccc(C)cc2)cc1. The quantitative estimate of drug-likeness (QED) is 0.553. The third-order valence-corrected chi connectivity index (χ3v) is 4.22. The van der Waals surface area contributed by atoms with Gasteiger partial charge in [0.1, 0.15) is 0 Å². The Bertz CT molecular complexity index is 555. The van der Waals surface area contributed by atoms with Crippen molar-refractivity contribution in [2.75, 3.05) is 5.75 Å². The summed E-state index contributed by atoms with van der Waals surface area (Å²) in [5.41, 5.74) is 3.35. The fraction of sp³-hybridized carbons (Fsp3) is 0.278. The largest absolute Gasteiger partial charge is 0.293 e. The van der Waals surface area contributed by atoms with Crippen LogP contribution in [0.15, 0.2) is 53.4 Å². The minimum atomic E-state index is 0.193. The number of benzene rings is 2. The lowest BCUT2D eigenvalue weighted by atomic mass is 10.1. The Kier molecular flexibility index (Phi) is 5.42. The third kappa shape index (κ3) is 4.24. The monoisotopic (exact) mass is 284 g/mol. The summed E-state index contributed by atoms with van der Waals surface area (Å²) < 4.78 is 0. The molecule has 0 atom stereocenters. The minimum Gasteiger partial charge on any atom is -0.293 e. The van der Waals surface area contributed by atoms with Gasteiger partial charge in [0, 0.05) is 10.5 Å². The second kappa shape index (κ2) is 7.30. The number of ketones is 1. The number of thioether (sulfide) groups is 1. The lowest BCUT2D eigenvalue weighted by Gasteiger charge is -2.04. The smallest absolute Gasteiger partial charge is 0.173 e. The van der Waals surface area contributed by atoms with E-state index in [2.05, 4.69) is 50.2 Å². The van der Waals surface area contributed by atoms with Crippen LogP contribution < -0.4 is 0 Å². The van der Waals surface area contributed by atoms with E-state index in [9.17, 15) is 4.79 Å². The number of carbonyl (C=O) groups excluding carboxylic acids is 1. The van der Waals surface area contributed by atoms with Gasteiger partial charge in [-0.2, -0.15) is 0 Å². The van der Waals surface area contributed by atoms with E-state index in [4.69, 9.17) is 0 Å². The molecule has 1 nitrogen and oxygen atoms in total. The van der Waals surface area contributed by atoms with Crippen LogP contribution in [-0.4, -0.2) is 11.5 Å². The molecule has 0 aliphatic carbocycles. The molecule has 0 saturated carbocycles. The van der Waals surface area contributed by atoms with Crippen LogP contribution >= 0.6 is 11.8 Å². The zero-order chi connectivity index (χ0) is 14.4. The summed E-state index contributed by atoms with van der Waals surface area (Å²) in [6, 6.07) is 16.3. The summed E-state index contributed by atoms with van der Waals surface area (Å²) in [4.78, 5) is 13.3. The summed E-state index contributed by atoms with van der Waals surface area (Å²) in [6.45, 7) is 4.23. The van der Waals surface area contributed by atoms with E-state index >= 15 is 0 Å². The Morgan fingerprint density at radius 3 is 2.25 bits per heavy atom. The molecule has 0 aliphatic heterocycles. The number of rotatable bonds is 6. The van der Waals surface area contributed by atoms with Crippen LogP contribution in [0.5, 0.6) is 0 Å². The third-order valence-electron chi connectivity index (χ3n) is 3.21. The van der Waals surface area contributed by atoms with Gasteiger partial charge in [0.15, 0.2) is 5.78 Å². The summed E-state index contributed by atoms with van der Waals surface area (Å²) >= 11 is 1.60. The molecule has 0 aromatic heterocycles. The average molecular weight is 284 g/mol. The highest BCUT2D eigenvalue weighted by Crippen LogP contribution is 2.20. The van der Waals surface area contributed by atoms with Gasteiger partial charge in [-0.3, -0.25) is 4.79 Å². The van der Waals surface area contributed by atoms with Gasteiger partial charge in [-0.05, 0) is 31.0 Å². The molecule has 104 valence electrons. The van der Waals surface area contributed by atoms with Gasteiger partial charge in [0.2, 0.25) is 0 Å². The molecule has 20 heavy (non-hydrogen) atoms. The highest BCUT2D eigenvalue weighted by Gasteiger charge is 2.06. The molecule has 0 aliphatic rings. The molecular weight excluding hydrogens is 264 g/mol. The summed E-state index contributed by atoms with van der Waals surface area (Å²) in [7, 11) is 0. The number of hydrogen-bond acceptors (Lipinski definition) is 2. The molecule has 0 spiro atoms. The van der Waals surface area contributed by atoms with Crippen LogP contribution in [0.3, 0.4) is 0 Å². The van der Waals surface area contributed by atoms with Gasteiger partial charge >= 0.3 is 0 Å². The van der Waals surface area contributed by atoms with Crippen molar-refractivity contribution in [1.29, 1.82) is 0 Å². The fourth-order valence-electron chi connectivity index (χ4n) is 2.01. The van der Waals surface area contributed by atoms with Crippen molar-refractivity contribution in [3.05, 3.63) is 65.2 Å². The molecular formula is C18H20OS. The molecule has 0 unspecified atom stereocenters. The lowest BCUT2D eigenvalue weighted by Crippen LogP contribution is -2.02. The molecule has 2 heteroatoms. The first kappa shape index (κ1) is 14.9. The van der Waals surface area contributed by atoms with E-state index in [0.717, 1.165) is 23.3 Å². The first-order chi connectivity index (χ1) is 9.69. The van der Waals surface area contributed by atoms with Crippen molar-refractivity contribution in [1.82, 2.24) is 0 Å². The van der Waals surface area contributed by atoms with Gasteiger partial charge < -0.3 is 0 Å². The number of carbonyl (C=O) groups is 1. The topological polar surface area (TPSA) is 17.1 Å². The highest BCUT2D eigenvalue weighted by molar-refractivity contribution is 8.00. The van der Waals surface area contributed by atoms with Crippen LogP contribution in [0.4, 0.5) is 0 Å². The molecule has 0 radical (unpaired) electrons. The Morgan fingerprint density at radius 2 is 1.65 bits per heavy atom. The standard InChI is InChI=1S/C18H20OS/c1-3-4-15-7-9-16(10-8-15)18(19)13-20-17-11-5-14(2)6-12-17/h5-12H,3-4,13H2,1-2H3. The predicted molar refractivity (Wildman–Crippen MR) is 86.7 cm³/mol. The maximum atomic E-state index is 12.1. The van der Waals surface area contributed by atoms with E-state index in [1.54, 1.807) is 11.8 Å². The lowest BCUT2D eigenvalue weighted by molar-refractivity contribution is 0.102. The van der Waals surface area contributed by atoms with E-state index in [1.165, 1.54) is 11.1 Å². The van der Waals surface area contributed by atoms with Gasteiger partial charge in [0.05, 0.1) is 5.75 Å². The van der Waals surface area contributed by atoms with Crippen LogP contribution in [0.25, 0.3) is 0 Å². The van der Waals surface area contributed by atoms with E-state index in [-0.39, 0.29) is 5.78 Å². The fourth-order valence-corrected chi connectivity index (χ4v) is 2.81. The molecule has 0 heterocycles. The first-order valence-electron chi connectivity index (χ1n) is 7.00. The van der Waals surface area contributed by atoms with Gasteiger partial charge in [-0.25, -0.2) is 0 Å². The molecule has 0 fully saturated rings. The molecule has 0 N–H and O–H groups in total. The van der Waals surface area contributed by atoms with E-state index in [1.807, 2.05) is 12.1 Å². The van der Waals surface area contributed by atoms with Gasteiger partial charge in [-0.15, -0.1) is 11.8 Å². The maximum Gasteiger partial charge on any atom is 0.173 e. The van der Waals surface area contributed by atoms with Crippen molar-refractivity contribution in [3.63, 3.8) is 0 Å².